The summed E-state index contributed by atoms with van der Waals surface area (Å²) in [7, 11) is 0. The number of hydrogen-bond acceptors (Lipinski definition) is 3. The largest absolute Gasteiger partial charge is 0.359 e. The average Bonchev–Trinajstić information content (AvgIpc) is 3.00. The van der Waals surface area contributed by atoms with E-state index in [0.717, 1.165) is 22.8 Å². The van der Waals surface area contributed by atoms with E-state index in [-0.39, 0.29) is 5.28 Å². The minimum atomic E-state index is 0.234. The summed E-state index contributed by atoms with van der Waals surface area (Å²) >= 11 is 5.63. The predicted molar refractivity (Wildman–Crippen MR) is 64.4 cm³/mol. The molecule has 0 aliphatic heterocycles. The van der Waals surface area contributed by atoms with Crippen molar-refractivity contribution in [2.75, 3.05) is 0 Å². The van der Waals surface area contributed by atoms with E-state index in [4.69, 9.17) is 11.6 Å². The van der Waals surface area contributed by atoms with Gasteiger partial charge in [-0.25, -0.2) is 15.0 Å². The molecule has 0 spiro atoms. The van der Waals surface area contributed by atoms with Gasteiger partial charge in [-0.05, 0) is 23.7 Å². The van der Waals surface area contributed by atoms with Crippen LogP contribution in [0, 0.1) is 0 Å². The molecule has 6 heteroatoms. The van der Waals surface area contributed by atoms with Gasteiger partial charge in [0.15, 0.2) is 5.82 Å². The maximum atomic E-state index is 5.63. The van der Waals surface area contributed by atoms with Crippen LogP contribution in [0.4, 0.5) is 0 Å². The summed E-state index contributed by atoms with van der Waals surface area (Å²) in [5.41, 5.74) is 2.64. The van der Waals surface area contributed by atoms with Crippen LogP contribution in [-0.2, 0) is 0 Å². The van der Waals surface area contributed by atoms with Crippen LogP contribution in [0.2, 0.25) is 5.28 Å². The summed E-state index contributed by atoms with van der Waals surface area (Å²) in [5, 5.41) is 0.234. The van der Waals surface area contributed by atoms with Gasteiger partial charge in [0, 0.05) is 24.2 Å². The molecule has 2 N–H and O–H groups in total. The average molecular weight is 246 g/mol. The van der Waals surface area contributed by atoms with Crippen molar-refractivity contribution in [2.45, 2.75) is 0 Å². The van der Waals surface area contributed by atoms with Gasteiger partial charge in [-0.1, -0.05) is 0 Å². The Morgan fingerprint density at radius 1 is 1.00 bits per heavy atom. The number of imidazole rings is 1. The molecule has 0 radical (unpaired) electrons. The van der Waals surface area contributed by atoms with Crippen molar-refractivity contribution in [1.82, 2.24) is 24.9 Å². The highest BCUT2D eigenvalue weighted by Gasteiger charge is 2.06. The molecule has 84 valence electrons. The molecule has 0 unspecified atom stereocenters. The van der Waals surface area contributed by atoms with Crippen molar-refractivity contribution >= 4 is 11.6 Å². The molecular weight excluding hydrogens is 238 g/mol. The fraction of sp³-hybridized carbons (Fsp3) is 0. The van der Waals surface area contributed by atoms with Crippen LogP contribution in [0.1, 0.15) is 0 Å². The molecule has 0 amide bonds. The van der Waals surface area contributed by atoms with Gasteiger partial charge in [-0.2, -0.15) is 0 Å². The maximum absolute atomic E-state index is 5.63. The normalized spacial score (nSPS) is 10.6. The minimum absolute atomic E-state index is 0.234. The summed E-state index contributed by atoms with van der Waals surface area (Å²) in [6.07, 6.45) is 6.90. The number of hydrogen-bond donors (Lipinski definition) is 2. The van der Waals surface area contributed by atoms with Gasteiger partial charge >= 0.3 is 0 Å². The molecule has 0 aliphatic rings. The molecule has 0 atom stereocenters. The SMILES string of the molecule is Clc1ncc(-c2cnc(-c3ccc[nH]3)[nH]2)cn1. The van der Waals surface area contributed by atoms with Crippen LogP contribution in [-0.4, -0.2) is 24.9 Å². The second-order valence-electron chi connectivity index (χ2n) is 3.47. The molecule has 3 rings (SSSR count). The zero-order valence-corrected chi connectivity index (χ0v) is 9.44. The van der Waals surface area contributed by atoms with E-state index >= 15 is 0 Å². The first-order valence-corrected chi connectivity index (χ1v) is 5.37. The Kier molecular flexibility index (Phi) is 2.38. The number of aromatic nitrogens is 5. The summed E-state index contributed by atoms with van der Waals surface area (Å²) in [5.74, 6) is 0.778. The van der Waals surface area contributed by atoms with Gasteiger partial charge in [0.25, 0.3) is 0 Å². The van der Waals surface area contributed by atoms with Gasteiger partial charge in [0.05, 0.1) is 17.6 Å². The third-order valence-electron chi connectivity index (χ3n) is 2.36. The maximum Gasteiger partial charge on any atom is 0.222 e. The Balaban J connectivity index is 1.98. The van der Waals surface area contributed by atoms with Crippen LogP contribution in [0.5, 0.6) is 0 Å². The lowest BCUT2D eigenvalue weighted by Gasteiger charge is -1.95. The minimum Gasteiger partial charge on any atom is -0.359 e. The second kappa shape index (κ2) is 4.03. The van der Waals surface area contributed by atoms with Gasteiger partial charge in [-0.3, -0.25) is 0 Å². The first kappa shape index (κ1) is 10.0. The fourth-order valence-corrected chi connectivity index (χ4v) is 1.63. The lowest BCUT2D eigenvalue weighted by molar-refractivity contribution is 1.16. The van der Waals surface area contributed by atoms with E-state index in [2.05, 4.69) is 24.9 Å². The molecule has 5 nitrogen and oxygen atoms in total. The molecule has 3 heterocycles. The monoisotopic (exact) mass is 245 g/mol. The van der Waals surface area contributed by atoms with Gasteiger partial charge in [-0.15, -0.1) is 0 Å². The molecule has 0 aromatic carbocycles. The molecule has 0 saturated carbocycles. The first-order valence-electron chi connectivity index (χ1n) is 4.99. The van der Waals surface area contributed by atoms with Crippen LogP contribution in [0.3, 0.4) is 0 Å². The Labute approximate surface area is 102 Å². The first-order chi connectivity index (χ1) is 8.33. The molecule has 0 saturated heterocycles. The summed E-state index contributed by atoms with van der Waals surface area (Å²) < 4.78 is 0. The topological polar surface area (TPSA) is 70.2 Å². The lowest BCUT2D eigenvalue weighted by atomic mass is 10.3. The van der Waals surface area contributed by atoms with Crippen LogP contribution >= 0.6 is 11.6 Å². The van der Waals surface area contributed by atoms with Gasteiger partial charge in [0.1, 0.15) is 0 Å². The van der Waals surface area contributed by atoms with E-state index < -0.39 is 0 Å². The molecular formula is C11H8ClN5. The van der Waals surface area contributed by atoms with E-state index in [1.54, 1.807) is 18.6 Å². The van der Waals surface area contributed by atoms with E-state index in [0.29, 0.717) is 0 Å². The number of halogens is 1. The van der Waals surface area contributed by atoms with Crippen molar-refractivity contribution in [3.63, 3.8) is 0 Å². The summed E-state index contributed by atoms with van der Waals surface area (Å²) in [4.78, 5) is 18.4. The van der Waals surface area contributed by atoms with Crippen LogP contribution < -0.4 is 0 Å². The highest BCUT2D eigenvalue weighted by molar-refractivity contribution is 6.28. The Hall–Kier alpha value is -2.14. The van der Waals surface area contributed by atoms with Crippen LogP contribution in [0.15, 0.2) is 36.9 Å². The highest BCUT2D eigenvalue weighted by atomic mass is 35.5. The molecule has 0 aliphatic carbocycles. The van der Waals surface area contributed by atoms with Crippen LogP contribution in [0.25, 0.3) is 22.8 Å². The Bertz CT molecular complexity index is 612. The van der Waals surface area contributed by atoms with Crippen molar-refractivity contribution in [2.24, 2.45) is 0 Å². The standard InChI is InChI=1S/C11H8ClN5/c12-11-15-4-7(5-16-11)9-6-14-10(17-9)8-2-1-3-13-8/h1-6,13H,(H,14,17). The molecule has 0 bridgehead atoms. The van der Waals surface area contributed by atoms with Gasteiger partial charge < -0.3 is 9.97 Å². The Morgan fingerprint density at radius 3 is 2.53 bits per heavy atom. The lowest BCUT2D eigenvalue weighted by Crippen LogP contribution is -1.84. The molecule has 0 fully saturated rings. The number of aromatic amines is 2. The summed E-state index contributed by atoms with van der Waals surface area (Å²) in [6.45, 7) is 0. The molecule has 3 aromatic rings. The number of rotatable bonds is 2. The van der Waals surface area contributed by atoms with Crippen molar-refractivity contribution in [3.05, 3.63) is 42.2 Å². The number of nitrogens with one attached hydrogen (secondary N) is 2. The molecule has 17 heavy (non-hydrogen) atoms. The molecule has 3 aromatic heterocycles. The quantitative estimate of drug-likeness (QED) is 0.682. The van der Waals surface area contributed by atoms with E-state index in [1.165, 1.54) is 0 Å². The zero-order valence-electron chi connectivity index (χ0n) is 8.68. The van der Waals surface area contributed by atoms with Crippen molar-refractivity contribution < 1.29 is 0 Å². The van der Waals surface area contributed by atoms with Crippen molar-refractivity contribution in [3.8, 4) is 22.8 Å². The van der Waals surface area contributed by atoms with Crippen molar-refractivity contribution in [1.29, 1.82) is 0 Å². The number of nitrogens with zero attached hydrogens (tertiary/aromatic N) is 3. The third kappa shape index (κ3) is 1.92. The third-order valence-corrected chi connectivity index (χ3v) is 2.56. The fourth-order valence-electron chi connectivity index (χ4n) is 1.53. The van der Waals surface area contributed by atoms with E-state index in [1.807, 2.05) is 18.3 Å². The van der Waals surface area contributed by atoms with Gasteiger partial charge in [0.2, 0.25) is 5.28 Å². The predicted octanol–water partition coefficient (Wildman–Crippen LogP) is 2.52. The van der Waals surface area contributed by atoms with E-state index in [9.17, 15) is 0 Å². The summed E-state index contributed by atoms with van der Waals surface area (Å²) in [6, 6.07) is 3.86. The Morgan fingerprint density at radius 2 is 1.82 bits per heavy atom. The number of H-pyrrole nitrogens is 2. The second-order valence-corrected chi connectivity index (χ2v) is 3.81. The highest BCUT2D eigenvalue weighted by Crippen LogP contribution is 2.20. The zero-order chi connectivity index (χ0) is 11.7. The smallest absolute Gasteiger partial charge is 0.222 e.